The molecule has 0 radical (unpaired) electrons. The minimum Gasteiger partial charge on any atom is -0.348 e. The van der Waals surface area contributed by atoms with Crippen LogP contribution in [-0.2, 0) is 16.4 Å². The van der Waals surface area contributed by atoms with Crippen LogP contribution in [0.1, 0.15) is 26.9 Å². The number of nitrogens with two attached hydrogens (primary N) is 1. The fraction of sp³-hybridized carbons (Fsp3) is 0.0741. The number of sulfone groups is 1. The van der Waals surface area contributed by atoms with Crippen LogP contribution in [0.2, 0.25) is 0 Å². The molecule has 4 aromatic rings. The lowest BCUT2D eigenvalue weighted by molar-refractivity contribution is 0.0951. The Hall–Kier alpha value is -3.81. The molecule has 0 aliphatic carbocycles. The lowest BCUT2D eigenvalue weighted by atomic mass is 9.95. The van der Waals surface area contributed by atoms with Gasteiger partial charge in [-0.1, -0.05) is 78.9 Å². The quantitative estimate of drug-likeness (QED) is 0.401. The molecule has 0 bridgehead atoms. The Bertz CT molecular complexity index is 1420. The molecular formula is C27H23FN2O3S. The molecule has 1 amide bonds. The van der Waals surface area contributed by atoms with Gasteiger partial charge < -0.3 is 11.1 Å². The molecular weight excluding hydrogens is 451 g/mol. The number of hydrogen-bond donors (Lipinski definition) is 2. The lowest BCUT2D eigenvalue weighted by Gasteiger charge is -2.19. The highest BCUT2D eigenvalue weighted by molar-refractivity contribution is 7.91. The minimum absolute atomic E-state index is 0.205. The van der Waals surface area contributed by atoms with Crippen molar-refractivity contribution in [3.63, 3.8) is 0 Å². The van der Waals surface area contributed by atoms with E-state index in [-0.39, 0.29) is 10.8 Å². The third kappa shape index (κ3) is 4.90. The van der Waals surface area contributed by atoms with Gasteiger partial charge in [-0.2, -0.15) is 0 Å². The van der Waals surface area contributed by atoms with Crippen molar-refractivity contribution in [3.05, 3.63) is 126 Å². The Morgan fingerprint density at radius 2 is 1.47 bits per heavy atom. The predicted octanol–water partition coefficient (Wildman–Crippen LogP) is 4.85. The summed E-state index contributed by atoms with van der Waals surface area (Å²) in [6, 6.07) is 28.0. The fourth-order valence-corrected chi connectivity index (χ4v) is 5.12. The molecule has 0 saturated heterocycles. The second kappa shape index (κ2) is 9.99. The molecule has 172 valence electrons. The normalized spacial score (nSPS) is 12.2. The van der Waals surface area contributed by atoms with E-state index in [1.807, 2.05) is 30.3 Å². The minimum atomic E-state index is -4.09. The first-order valence-electron chi connectivity index (χ1n) is 10.6. The summed E-state index contributed by atoms with van der Waals surface area (Å²) in [6.45, 7) is 0.350. The number of carbonyl (C=O) groups excluding carboxylic acids is 1. The summed E-state index contributed by atoms with van der Waals surface area (Å²) in [7, 11) is -4.09. The van der Waals surface area contributed by atoms with Crippen molar-refractivity contribution in [2.75, 3.05) is 0 Å². The van der Waals surface area contributed by atoms with E-state index in [1.54, 1.807) is 48.5 Å². The van der Waals surface area contributed by atoms with Gasteiger partial charge in [0.2, 0.25) is 0 Å². The molecule has 5 nitrogen and oxygen atoms in total. The van der Waals surface area contributed by atoms with E-state index >= 15 is 0 Å². The molecule has 1 atom stereocenters. The van der Waals surface area contributed by atoms with Crippen molar-refractivity contribution in [1.29, 1.82) is 0 Å². The van der Waals surface area contributed by atoms with Crippen LogP contribution < -0.4 is 11.1 Å². The molecule has 34 heavy (non-hydrogen) atoms. The molecule has 0 saturated carbocycles. The van der Waals surface area contributed by atoms with E-state index < -0.39 is 21.0 Å². The molecule has 0 aliphatic rings. The number of benzene rings is 4. The van der Waals surface area contributed by atoms with Crippen LogP contribution in [-0.4, -0.2) is 14.3 Å². The monoisotopic (exact) mass is 474 g/mol. The van der Waals surface area contributed by atoms with E-state index in [1.165, 1.54) is 18.2 Å². The van der Waals surface area contributed by atoms with Gasteiger partial charge in [-0.05, 0) is 46.5 Å². The number of hydrogen-bond acceptors (Lipinski definition) is 4. The summed E-state index contributed by atoms with van der Waals surface area (Å²) in [5, 5.41) is 1.45. The maximum atomic E-state index is 13.7. The largest absolute Gasteiger partial charge is 0.348 e. The van der Waals surface area contributed by atoms with Crippen LogP contribution in [0.3, 0.4) is 0 Å². The van der Waals surface area contributed by atoms with E-state index in [0.29, 0.717) is 28.8 Å². The lowest BCUT2D eigenvalue weighted by Crippen LogP contribution is -2.24. The molecule has 4 aromatic carbocycles. The fourth-order valence-electron chi connectivity index (χ4n) is 3.74. The summed E-state index contributed by atoms with van der Waals surface area (Å²) in [4.78, 5) is 12.8. The van der Waals surface area contributed by atoms with Crippen LogP contribution in [0.15, 0.2) is 108 Å². The summed E-state index contributed by atoms with van der Waals surface area (Å²) in [5.74, 6) is -0.960. The summed E-state index contributed by atoms with van der Waals surface area (Å²) in [6.07, 6.45) is 0. The van der Waals surface area contributed by atoms with Crippen LogP contribution in [0, 0.1) is 5.82 Å². The van der Waals surface area contributed by atoms with Crippen LogP contribution in [0.5, 0.6) is 0 Å². The smallest absolute Gasteiger partial charge is 0.252 e. The highest BCUT2D eigenvalue weighted by Gasteiger charge is 2.28. The summed E-state index contributed by atoms with van der Waals surface area (Å²) in [5.41, 5.74) is 8.97. The van der Waals surface area contributed by atoms with Crippen LogP contribution >= 0.6 is 0 Å². The van der Waals surface area contributed by atoms with Gasteiger partial charge in [-0.25, -0.2) is 12.8 Å². The second-order valence-corrected chi connectivity index (χ2v) is 9.79. The van der Waals surface area contributed by atoms with Crippen molar-refractivity contribution in [1.82, 2.24) is 5.32 Å². The highest BCUT2D eigenvalue weighted by Crippen LogP contribution is 2.34. The van der Waals surface area contributed by atoms with E-state index in [9.17, 15) is 17.6 Å². The Morgan fingerprint density at radius 3 is 2.21 bits per heavy atom. The van der Waals surface area contributed by atoms with Gasteiger partial charge in [-0.3, -0.25) is 4.79 Å². The number of amides is 1. The Balaban J connectivity index is 1.70. The third-order valence-corrected chi connectivity index (χ3v) is 7.32. The first kappa shape index (κ1) is 23.4. The number of halogens is 1. The van der Waals surface area contributed by atoms with E-state index in [0.717, 1.165) is 11.6 Å². The number of rotatable bonds is 7. The van der Waals surface area contributed by atoms with E-state index in [4.69, 9.17) is 5.73 Å². The molecule has 0 aromatic heterocycles. The maximum absolute atomic E-state index is 13.7. The van der Waals surface area contributed by atoms with Crippen molar-refractivity contribution < 1.29 is 17.6 Å². The first-order chi connectivity index (χ1) is 16.4. The number of carbonyl (C=O) groups is 1. The molecule has 4 rings (SSSR count). The average molecular weight is 475 g/mol. The molecule has 3 N–H and O–H groups in total. The van der Waals surface area contributed by atoms with Gasteiger partial charge in [0.1, 0.15) is 11.2 Å². The molecule has 0 aliphatic heterocycles. The highest BCUT2D eigenvalue weighted by atomic mass is 32.2. The Kier molecular flexibility index (Phi) is 6.86. The average Bonchev–Trinajstić information content (AvgIpc) is 2.87. The van der Waals surface area contributed by atoms with Crippen LogP contribution in [0.4, 0.5) is 4.39 Å². The van der Waals surface area contributed by atoms with E-state index in [2.05, 4.69) is 5.32 Å². The molecule has 0 heterocycles. The Morgan fingerprint density at radius 1 is 0.824 bits per heavy atom. The van der Waals surface area contributed by atoms with Gasteiger partial charge >= 0.3 is 0 Å². The van der Waals surface area contributed by atoms with Gasteiger partial charge in [0.15, 0.2) is 9.84 Å². The topological polar surface area (TPSA) is 89.3 Å². The van der Waals surface area contributed by atoms with Gasteiger partial charge in [-0.15, -0.1) is 0 Å². The summed E-state index contributed by atoms with van der Waals surface area (Å²) >= 11 is 0. The van der Waals surface area contributed by atoms with Gasteiger partial charge in [0.25, 0.3) is 5.91 Å². The SMILES string of the molecule is NC(c1ccccc1-c1ccccc1C(=O)NCc1ccccc1)S(=O)(=O)c1cccc(F)c1. The van der Waals surface area contributed by atoms with Crippen molar-refractivity contribution >= 4 is 15.7 Å². The van der Waals surface area contributed by atoms with Crippen molar-refractivity contribution in [3.8, 4) is 11.1 Å². The third-order valence-electron chi connectivity index (χ3n) is 5.48. The zero-order valence-electron chi connectivity index (χ0n) is 18.2. The van der Waals surface area contributed by atoms with Crippen molar-refractivity contribution in [2.45, 2.75) is 16.8 Å². The molecule has 7 heteroatoms. The standard InChI is InChI=1S/C27H23FN2O3S/c28-20-11-8-12-21(17-20)34(32,33)26(29)24-15-6-4-13-22(24)23-14-5-7-16-25(23)27(31)30-18-19-9-2-1-3-10-19/h1-17,26H,18,29H2,(H,30,31). The Labute approximate surface area is 198 Å². The predicted molar refractivity (Wildman–Crippen MR) is 130 cm³/mol. The van der Waals surface area contributed by atoms with Crippen LogP contribution in [0.25, 0.3) is 11.1 Å². The number of nitrogens with one attached hydrogen (secondary N) is 1. The molecule has 0 spiro atoms. The van der Waals surface area contributed by atoms with Gasteiger partial charge in [0.05, 0.1) is 4.90 Å². The first-order valence-corrected chi connectivity index (χ1v) is 12.2. The maximum Gasteiger partial charge on any atom is 0.252 e. The summed E-state index contributed by atoms with van der Waals surface area (Å²) < 4.78 is 40.0. The zero-order chi connectivity index (χ0) is 24.1. The molecule has 1 unspecified atom stereocenters. The van der Waals surface area contributed by atoms with Crippen molar-refractivity contribution in [2.24, 2.45) is 5.73 Å². The zero-order valence-corrected chi connectivity index (χ0v) is 19.0. The van der Waals surface area contributed by atoms with Gasteiger partial charge in [0, 0.05) is 12.1 Å². The molecule has 0 fully saturated rings. The second-order valence-electron chi connectivity index (χ2n) is 7.72.